The zero-order valence-electron chi connectivity index (χ0n) is 21.8. The molecule has 4 aromatic rings. The number of para-hydroxylation sites is 2. The molecular formula is C29H36N4O2. The SMILES string of the molecule is CC.CC.Cn1c(Nc2ccccc2)nc2cc(C(=O)Nc3ccccc3)c3c(c21)CC(C)(C)O3. The molecule has 0 fully saturated rings. The van der Waals surface area contributed by atoms with Crippen molar-refractivity contribution in [3.8, 4) is 5.75 Å². The summed E-state index contributed by atoms with van der Waals surface area (Å²) in [5.74, 6) is 1.15. The number of rotatable bonds is 4. The second-order valence-electron chi connectivity index (χ2n) is 8.44. The van der Waals surface area contributed by atoms with Gasteiger partial charge in [-0.15, -0.1) is 0 Å². The number of aromatic nitrogens is 2. The zero-order chi connectivity index (χ0) is 25.6. The molecule has 0 bridgehead atoms. The number of aryl methyl sites for hydroxylation is 1. The van der Waals surface area contributed by atoms with Gasteiger partial charge in [0.2, 0.25) is 5.95 Å². The van der Waals surface area contributed by atoms with E-state index in [0.29, 0.717) is 23.7 Å². The van der Waals surface area contributed by atoms with Gasteiger partial charge in [-0.25, -0.2) is 4.98 Å². The minimum absolute atomic E-state index is 0.203. The number of carbonyl (C=O) groups is 1. The van der Waals surface area contributed by atoms with Gasteiger partial charge < -0.3 is 19.9 Å². The van der Waals surface area contributed by atoms with Crippen molar-refractivity contribution in [2.45, 2.75) is 53.6 Å². The van der Waals surface area contributed by atoms with Crippen LogP contribution >= 0.6 is 0 Å². The van der Waals surface area contributed by atoms with Gasteiger partial charge in [-0.05, 0) is 44.2 Å². The van der Waals surface area contributed by atoms with Crippen LogP contribution in [0.2, 0.25) is 0 Å². The smallest absolute Gasteiger partial charge is 0.259 e. The molecular weight excluding hydrogens is 436 g/mol. The van der Waals surface area contributed by atoms with Crippen LogP contribution in [0.3, 0.4) is 0 Å². The van der Waals surface area contributed by atoms with Crippen LogP contribution in [0.1, 0.15) is 57.5 Å². The van der Waals surface area contributed by atoms with E-state index in [9.17, 15) is 4.79 Å². The number of nitrogens with one attached hydrogen (secondary N) is 2. The molecule has 184 valence electrons. The van der Waals surface area contributed by atoms with Crippen molar-refractivity contribution in [3.05, 3.63) is 77.9 Å². The van der Waals surface area contributed by atoms with E-state index >= 15 is 0 Å². The Morgan fingerprint density at radius 3 is 2.11 bits per heavy atom. The highest BCUT2D eigenvalue weighted by Gasteiger charge is 2.36. The van der Waals surface area contributed by atoms with E-state index in [4.69, 9.17) is 9.72 Å². The zero-order valence-corrected chi connectivity index (χ0v) is 21.8. The molecule has 3 aromatic carbocycles. The van der Waals surface area contributed by atoms with E-state index in [-0.39, 0.29) is 5.91 Å². The lowest BCUT2D eigenvalue weighted by molar-refractivity contribution is 0.101. The Kier molecular flexibility index (Phi) is 8.18. The van der Waals surface area contributed by atoms with Crippen molar-refractivity contribution in [3.63, 3.8) is 0 Å². The lowest BCUT2D eigenvalue weighted by Gasteiger charge is -2.18. The monoisotopic (exact) mass is 472 g/mol. The number of nitrogens with zero attached hydrogens (tertiary/aromatic N) is 2. The van der Waals surface area contributed by atoms with Crippen molar-refractivity contribution < 1.29 is 9.53 Å². The normalized spacial score (nSPS) is 12.9. The number of amides is 1. The Morgan fingerprint density at radius 2 is 1.51 bits per heavy atom. The molecule has 1 aliphatic rings. The van der Waals surface area contributed by atoms with Gasteiger partial charge in [-0.2, -0.15) is 0 Å². The third-order valence-corrected chi connectivity index (χ3v) is 5.49. The van der Waals surface area contributed by atoms with Gasteiger partial charge in [-0.3, -0.25) is 4.79 Å². The first-order chi connectivity index (χ1) is 16.9. The molecule has 2 heterocycles. The number of hydrogen-bond acceptors (Lipinski definition) is 4. The van der Waals surface area contributed by atoms with Crippen molar-refractivity contribution in [2.75, 3.05) is 10.6 Å². The van der Waals surface area contributed by atoms with Crippen LogP contribution in [0.4, 0.5) is 17.3 Å². The molecule has 35 heavy (non-hydrogen) atoms. The van der Waals surface area contributed by atoms with Gasteiger partial charge in [0.05, 0.1) is 16.6 Å². The number of fused-ring (bicyclic) bond motifs is 3. The summed E-state index contributed by atoms with van der Waals surface area (Å²) in [5, 5.41) is 6.34. The highest BCUT2D eigenvalue weighted by atomic mass is 16.5. The molecule has 0 spiro atoms. The van der Waals surface area contributed by atoms with Crippen LogP contribution in [0.25, 0.3) is 11.0 Å². The second-order valence-corrected chi connectivity index (χ2v) is 8.44. The van der Waals surface area contributed by atoms with E-state index in [1.807, 2.05) is 120 Å². The fraction of sp³-hybridized carbons (Fsp3) is 0.310. The minimum Gasteiger partial charge on any atom is -0.486 e. The van der Waals surface area contributed by atoms with Crippen LogP contribution in [-0.4, -0.2) is 21.1 Å². The third kappa shape index (κ3) is 5.48. The standard InChI is InChI=1S/C25H24N4O2.2C2H6/c1-25(2)15-19-21-20(28-24(29(21)3)27-17-12-8-5-9-13-17)14-18(22(19)31-25)23(30)26-16-10-6-4-7-11-16;2*1-2/h4-14H,15H2,1-3H3,(H,26,30)(H,27,28);2*1-2H3. The Labute approximate surface area is 208 Å². The molecule has 1 amide bonds. The highest BCUT2D eigenvalue weighted by Crippen LogP contribution is 2.43. The maximum atomic E-state index is 13.2. The number of hydrogen-bond donors (Lipinski definition) is 2. The predicted molar refractivity (Wildman–Crippen MR) is 146 cm³/mol. The number of anilines is 3. The predicted octanol–water partition coefficient (Wildman–Crippen LogP) is 7.34. The molecule has 6 nitrogen and oxygen atoms in total. The van der Waals surface area contributed by atoms with E-state index < -0.39 is 5.60 Å². The molecule has 0 atom stereocenters. The molecule has 1 aliphatic heterocycles. The summed E-state index contributed by atoms with van der Waals surface area (Å²) >= 11 is 0. The molecule has 6 heteroatoms. The molecule has 5 rings (SSSR count). The Balaban J connectivity index is 0.000000815. The molecule has 0 radical (unpaired) electrons. The van der Waals surface area contributed by atoms with Crippen LogP contribution in [0.15, 0.2) is 66.7 Å². The van der Waals surface area contributed by atoms with Gasteiger partial charge in [0.1, 0.15) is 11.4 Å². The fourth-order valence-corrected chi connectivity index (χ4v) is 4.12. The van der Waals surface area contributed by atoms with Crippen LogP contribution in [-0.2, 0) is 13.5 Å². The summed E-state index contributed by atoms with van der Waals surface area (Å²) in [6.07, 6.45) is 0.704. The summed E-state index contributed by atoms with van der Waals surface area (Å²) in [7, 11) is 1.98. The van der Waals surface area contributed by atoms with Crippen LogP contribution in [0.5, 0.6) is 5.75 Å². The van der Waals surface area contributed by atoms with Gasteiger partial charge in [0.15, 0.2) is 0 Å². The van der Waals surface area contributed by atoms with E-state index in [2.05, 4.69) is 10.6 Å². The first-order valence-electron chi connectivity index (χ1n) is 12.3. The fourth-order valence-electron chi connectivity index (χ4n) is 4.12. The summed E-state index contributed by atoms with van der Waals surface area (Å²) in [5.41, 5.74) is 4.56. The van der Waals surface area contributed by atoms with Crippen LogP contribution < -0.4 is 15.4 Å². The Bertz CT molecular complexity index is 1280. The summed E-state index contributed by atoms with van der Waals surface area (Å²) < 4.78 is 8.29. The largest absolute Gasteiger partial charge is 0.486 e. The number of ether oxygens (including phenoxy) is 1. The van der Waals surface area contributed by atoms with Crippen molar-refractivity contribution in [2.24, 2.45) is 7.05 Å². The quantitative estimate of drug-likeness (QED) is 0.326. The Morgan fingerprint density at radius 1 is 0.943 bits per heavy atom. The topological polar surface area (TPSA) is 68.2 Å². The van der Waals surface area contributed by atoms with Crippen molar-refractivity contribution in [1.82, 2.24) is 9.55 Å². The first kappa shape index (κ1) is 25.8. The molecule has 0 unspecified atom stereocenters. The number of carbonyl (C=O) groups excluding carboxylic acids is 1. The van der Waals surface area contributed by atoms with E-state index in [0.717, 1.165) is 28.0 Å². The lowest BCUT2D eigenvalue weighted by atomic mass is 9.98. The number of imidazole rings is 1. The molecule has 2 N–H and O–H groups in total. The minimum atomic E-state index is -0.393. The van der Waals surface area contributed by atoms with Gasteiger partial charge >= 0.3 is 0 Å². The van der Waals surface area contributed by atoms with Crippen molar-refractivity contribution in [1.29, 1.82) is 0 Å². The molecule has 0 saturated carbocycles. The Hall–Kier alpha value is -3.80. The summed E-state index contributed by atoms with van der Waals surface area (Å²) in [6, 6.07) is 21.2. The first-order valence-corrected chi connectivity index (χ1v) is 12.3. The van der Waals surface area contributed by atoms with Crippen LogP contribution in [0, 0.1) is 0 Å². The third-order valence-electron chi connectivity index (χ3n) is 5.49. The highest BCUT2D eigenvalue weighted by molar-refractivity contribution is 6.09. The average molecular weight is 473 g/mol. The maximum absolute atomic E-state index is 13.2. The molecule has 0 aliphatic carbocycles. The second kappa shape index (κ2) is 11.1. The lowest BCUT2D eigenvalue weighted by Crippen LogP contribution is -2.25. The van der Waals surface area contributed by atoms with Gasteiger partial charge in [0, 0.05) is 30.4 Å². The van der Waals surface area contributed by atoms with Gasteiger partial charge in [-0.1, -0.05) is 64.1 Å². The van der Waals surface area contributed by atoms with E-state index in [1.165, 1.54) is 0 Å². The van der Waals surface area contributed by atoms with Gasteiger partial charge in [0.25, 0.3) is 5.91 Å². The summed E-state index contributed by atoms with van der Waals surface area (Å²) in [6.45, 7) is 12.1. The number of benzene rings is 3. The molecule has 1 aromatic heterocycles. The maximum Gasteiger partial charge on any atom is 0.259 e. The average Bonchev–Trinajstić information content (AvgIpc) is 3.37. The molecule has 0 saturated heterocycles. The summed E-state index contributed by atoms with van der Waals surface area (Å²) in [4.78, 5) is 18.0. The van der Waals surface area contributed by atoms with Crippen molar-refractivity contribution >= 4 is 34.3 Å². The van der Waals surface area contributed by atoms with E-state index in [1.54, 1.807) is 0 Å².